The fourth-order valence-corrected chi connectivity index (χ4v) is 5.54. The van der Waals surface area contributed by atoms with Crippen LogP contribution in [0.2, 0.25) is 5.02 Å². The van der Waals surface area contributed by atoms with Crippen LogP contribution in [0.1, 0.15) is 50.0 Å². The van der Waals surface area contributed by atoms with Crippen molar-refractivity contribution in [2.45, 2.75) is 45.2 Å². The molecule has 212 valence electrons. The smallest absolute Gasteiger partial charge is 0.433 e. The van der Waals surface area contributed by atoms with Crippen LogP contribution in [0, 0.1) is 17.7 Å². The van der Waals surface area contributed by atoms with Gasteiger partial charge in [0.25, 0.3) is 0 Å². The number of nitrogens with two attached hydrogens (primary N) is 1. The van der Waals surface area contributed by atoms with Crippen molar-refractivity contribution in [1.29, 1.82) is 0 Å². The fourth-order valence-electron chi connectivity index (χ4n) is 5.35. The minimum Gasteiger partial charge on any atom is -0.463 e. The highest BCUT2D eigenvalue weighted by Crippen LogP contribution is 2.36. The number of nitrogens with one attached hydrogen (secondary N) is 1. The van der Waals surface area contributed by atoms with Crippen LogP contribution in [0.15, 0.2) is 66.2 Å². The minimum absolute atomic E-state index is 0.0595. The molecule has 1 unspecified atom stereocenters. The standard InChI is InChI=1S/C30H31ClFN7O2/c1-3-18-10-12-19(13-11-18)16-39-25-24(21-7-4-8-22(31)14-21)35-28(26(33)36-30(40)41)37-27(25)38-29(39)34-17(2)20-6-5-9-23(32)15-20/h3-9,14-15,17-19H,1,10-13,16H2,2H3,(H2,33,36)(H,40,41)(H,34,35,37,38). The first-order chi connectivity index (χ1) is 19.7. The SMILES string of the molecule is C=CC1CCC(Cn2c(NC(C)c3cccc(F)c3)nc3nc(C(N)=NC(=O)O)nc(-c4cccc(Cl)c4)c32)CC1. The van der Waals surface area contributed by atoms with E-state index in [9.17, 15) is 14.3 Å². The van der Waals surface area contributed by atoms with Gasteiger partial charge in [-0.25, -0.2) is 19.2 Å². The Labute approximate surface area is 242 Å². The van der Waals surface area contributed by atoms with Crippen molar-refractivity contribution in [3.05, 3.63) is 83.4 Å². The zero-order valence-corrected chi connectivity index (χ0v) is 23.4. The molecule has 1 saturated carbocycles. The maximum absolute atomic E-state index is 14.0. The molecule has 1 fully saturated rings. The Kier molecular flexibility index (Phi) is 8.30. The Morgan fingerprint density at radius 2 is 1.98 bits per heavy atom. The molecular weight excluding hydrogens is 545 g/mol. The average Bonchev–Trinajstić information content (AvgIpc) is 3.29. The number of hydrogen-bond acceptors (Lipinski definition) is 5. The van der Waals surface area contributed by atoms with Crippen LogP contribution < -0.4 is 11.1 Å². The highest BCUT2D eigenvalue weighted by molar-refractivity contribution is 6.30. The second-order valence-electron chi connectivity index (χ2n) is 10.3. The van der Waals surface area contributed by atoms with Gasteiger partial charge in [-0.2, -0.15) is 9.98 Å². The molecule has 5 rings (SSSR count). The van der Waals surface area contributed by atoms with Crippen molar-refractivity contribution >= 4 is 40.6 Å². The van der Waals surface area contributed by atoms with Crippen LogP contribution in [0.4, 0.5) is 15.1 Å². The van der Waals surface area contributed by atoms with E-state index in [1.54, 1.807) is 18.2 Å². The van der Waals surface area contributed by atoms with Gasteiger partial charge in [0.2, 0.25) is 5.95 Å². The summed E-state index contributed by atoms with van der Waals surface area (Å²) in [4.78, 5) is 28.7. The molecule has 1 atom stereocenters. The van der Waals surface area contributed by atoms with Gasteiger partial charge in [-0.3, -0.25) is 0 Å². The Bertz CT molecular complexity index is 1630. The molecule has 4 aromatic rings. The van der Waals surface area contributed by atoms with Gasteiger partial charge in [0.15, 0.2) is 17.3 Å². The number of amidine groups is 1. The number of benzene rings is 2. The van der Waals surface area contributed by atoms with E-state index in [1.807, 2.05) is 31.2 Å². The lowest BCUT2D eigenvalue weighted by molar-refractivity contribution is 0.205. The number of allylic oxidation sites excluding steroid dienone is 1. The predicted molar refractivity (Wildman–Crippen MR) is 159 cm³/mol. The number of carboxylic acid groups (broad SMARTS) is 1. The number of halogens is 2. The summed E-state index contributed by atoms with van der Waals surface area (Å²) in [5, 5.41) is 13.1. The molecule has 1 amide bonds. The monoisotopic (exact) mass is 575 g/mol. The number of carbonyl (C=O) groups is 1. The number of anilines is 1. The lowest BCUT2D eigenvalue weighted by Gasteiger charge is -2.28. The van der Waals surface area contributed by atoms with Crippen LogP contribution in [-0.4, -0.2) is 36.6 Å². The predicted octanol–water partition coefficient (Wildman–Crippen LogP) is 6.83. The minimum atomic E-state index is -1.46. The first-order valence-corrected chi connectivity index (χ1v) is 13.9. The Morgan fingerprint density at radius 1 is 1.22 bits per heavy atom. The molecule has 0 aliphatic heterocycles. The normalized spacial score (nSPS) is 18.3. The number of fused-ring (bicyclic) bond motifs is 1. The van der Waals surface area contributed by atoms with E-state index >= 15 is 0 Å². The van der Waals surface area contributed by atoms with E-state index in [-0.39, 0.29) is 23.5 Å². The summed E-state index contributed by atoms with van der Waals surface area (Å²) < 4.78 is 16.1. The number of amides is 1. The number of rotatable bonds is 8. The topological polar surface area (TPSA) is 131 Å². The zero-order valence-electron chi connectivity index (χ0n) is 22.6. The number of hydrogen-bond donors (Lipinski definition) is 3. The number of nitrogens with zero attached hydrogens (tertiary/aromatic N) is 5. The van der Waals surface area contributed by atoms with E-state index in [1.165, 1.54) is 12.1 Å². The van der Waals surface area contributed by atoms with E-state index in [2.05, 4.69) is 31.4 Å². The first-order valence-electron chi connectivity index (χ1n) is 13.5. The molecule has 0 saturated heterocycles. The molecular formula is C30H31ClFN7O2. The van der Waals surface area contributed by atoms with Gasteiger partial charge in [0.1, 0.15) is 17.0 Å². The van der Waals surface area contributed by atoms with Gasteiger partial charge >= 0.3 is 6.09 Å². The molecule has 41 heavy (non-hydrogen) atoms. The molecule has 0 bridgehead atoms. The van der Waals surface area contributed by atoms with Gasteiger partial charge in [-0.1, -0.05) is 41.9 Å². The third-order valence-electron chi connectivity index (χ3n) is 7.51. The molecule has 0 spiro atoms. The van der Waals surface area contributed by atoms with Gasteiger partial charge in [-0.15, -0.1) is 6.58 Å². The maximum atomic E-state index is 14.0. The first kappa shape index (κ1) is 28.2. The summed E-state index contributed by atoms with van der Waals surface area (Å²) in [5.41, 5.74) is 8.90. The molecule has 2 aromatic carbocycles. The van der Waals surface area contributed by atoms with Crippen LogP contribution in [0.3, 0.4) is 0 Å². The van der Waals surface area contributed by atoms with E-state index < -0.39 is 6.09 Å². The number of imidazole rings is 1. The summed E-state index contributed by atoms with van der Waals surface area (Å²) in [6.07, 6.45) is 4.76. The molecule has 9 nitrogen and oxygen atoms in total. The van der Waals surface area contributed by atoms with E-state index in [0.29, 0.717) is 51.8 Å². The van der Waals surface area contributed by atoms with Gasteiger partial charge in [0, 0.05) is 17.1 Å². The van der Waals surface area contributed by atoms with Crippen molar-refractivity contribution in [3.8, 4) is 11.3 Å². The molecule has 1 aliphatic rings. The second-order valence-corrected chi connectivity index (χ2v) is 10.8. The van der Waals surface area contributed by atoms with Crippen LogP contribution >= 0.6 is 11.6 Å². The average molecular weight is 576 g/mol. The van der Waals surface area contributed by atoms with Crippen LogP contribution in [-0.2, 0) is 6.54 Å². The van der Waals surface area contributed by atoms with Crippen molar-refractivity contribution in [3.63, 3.8) is 0 Å². The van der Waals surface area contributed by atoms with Gasteiger partial charge in [-0.05, 0) is 74.3 Å². The maximum Gasteiger partial charge on any atom is 0.433 e. The summed E-state index contributed by atoms with van der Waals surface area (Å²) in [6.45, 7) is 6.54. The Morgan fingerprint density at radius 3 is 2.66 bits per heavy atom. The quantitative estimate of drug-likeness (QED) is 0.119. The van der Waals surface area contributed by atoms with Crippen molar-refractivity contribution in [2.75, 3.05) is 5.32 Å². The van der Waals surface area contributed by atoms with Crippen molar-refractivity contribution in [1.82, 2.24) is 19.5 Å². The van der Waals surface area contributed by atoms with E-state index in [0.717, 1.165) is 31.2 Å². The largest absolute Gasteiger partial charge is 0.463 e. The molecule has 4 N–H and O–H groups in total. The fraction of sp³-hybridized carbons (Fsp3) is 0.300. The van der Waals surface area contributed by atoms with Crippen molar-refractivity contribution < 1.29 is 14.3 Å². The van der Waals surface area contributed by atoms with Crippen molar-refractivity contribution in [2.24, 2.45) is 22.6 Å². The lowest BCUT2D eigenvalue weighted by atomic mass is 9.82. The lowest BCUT2D eigenvalue weighted by Crippen LogP contribution is -2.21. The highest BCUT2D eigenvalue weighted by atomic mass is 35.5. The summed E-state index contributed by atoms with van der Waals surface area (Å²) >= 11 is 6.35. The molecule has 2 aromatic heterocycles. The van der Waals surface area contributed by atoms with Gasteiger partial charge < -0.3 is 20.7 Å². The van der Waals surface area contributed by atoms with Crippen LogP contribution in [0.25, 0.3) is 22.4 Å². The zero-order chi connectivity index (χ0) is 29.1. The molecule has 1 aliphatic carbocycles. The number of aliphatic imine (C=N–C) groups is 1. The summed E-state index contributed by atoms with van der Waals surface area (Å²) in [7, 11) is 0. The second kappa shape index (κ2) is 12.1. The third kappa shape index (κ3) is 6.38. The Hall–Kier alpha value is -4.31. The molecule has 0 radical (unpaired) electrons. The number of aromatic nitrogens is 4. The Balaban J connectivity index is 1.68. The van der Waals surface area contributed by atoms with Gasteiger partial charge in [0.05, 0.1) is 6.04 Å². The third-order valence-corrected chi connectivity index (χ3v) is 7.74. The highest BCUT2D eigenvalue weighted by Gasteiger charge is 2.26. The summed E-state index contributed by atoms with van der Waals surface area (Å²) in [5.74, 6) is 0.694. The van der Waals surface area contributed by atoms with Crippen LogP contribution in [0.5, 0.6) is 0 Å². The molecule has 11 heteroatoms. The van der Waals surface area contributed by atoms with E-state index in [4.69, 9.17) is 22.3 Å². The summed E-state index contributed by atoms with van der Waals surface area (Å²) in [6, 6.07) is 13.3. The molecule has 2 heterocycles.